The van der Waals surface area contributed by atoms with Gasteiger partial charge >= 0.3 is 0 Å². The molecule has 1 rings (SSSR count). The molecular formula is C15H22O2S. The molecule has 0 heterocycles. The molecule has 0 aliphatic rings. The summed E-state index contributed by atoms with van der Waals surface area (Å²) >= 11 is 1.85. The monoisotopic (exact) mass is 266 g/mol. The van der Waals surface area contributed by atoms with E-state index in [2.05, 4.69) is 25.3 Å². The SMILES string of the molecule is CCC(C)CS/C=C/c1cc(OC)cc(OC)c1. The van der Waals surface area contributed by atoms with Gasteiger partial charge in [-0.25, -0.2) is 0 Å². The average Bonchev–Trinajstić information content (AvgIpc) is 2.42. The van der Waals surface area contributed by atoms with Crippen molar-refractivity contribution in [3.8, 4) is 11.5 Å². The van der Waals surface area contributed by atoms with Crippen molar-refractivity contribution in [3.05, 3.63) is 29.2 Å². The molecule has 2 nitrogen and oxygen atoms in total. The maximum absolute atomic E-state index is 5.24. The molecule has 0 fully saturated rings. The molecule has 0 bridgehead atoms. The normalized spacial score (nSPS) is 12.7. The fourth-order valence-electron chi connectivity index (χ4n) is 1.39. The lowest BCUT2D eigenvalue weighted by Gasteiger charge is -2.06. The van der Waals surface area contributed by atoms with E-state index in [1.807, 2.05) is 30.0 Å². The van der Waals surface area contributed by atoms with Gasteiger partial charge in [0.05, 0.1) is 14.2 Å². The summed E-state index contributed by atoms with van der Waals surface area (Å²) in [7, 11) is 3.33. The van der Waals surface area contributed by atoms with Crippen LogP contribution in [0.3, 0.4) is 0 Å². The second kappa shape index (κ2) is 8.09. The third kappa shape index (κ3) is 5.05. The molecule has 0 radical (unpaired) electrons. The molecule has 1 unspecified atom stereocenters. The zero-order chi connectivity index (χ0) is 13.4. The number of benzene rings is 1. The summed E-state index contributed by atoms with van der Waals surface area (Å²) in [5.74, 6) is 3.56. The number of hydrogen-bond donors (Lipinski definition) is 0. The van der Waals surface area contributed by atoms with Crippen molar-refractivity contribution in [1.82, 2.24) is 0 Å². The highest BCUT2D eigenvalue weighted by molar-refractivity contribution is 8.02. The lowest BCUT2D eigenvalue weighted by Crippen LogP contribution is -1.93. The lowest BCUT2D eigenvalue weighted by atomic mass is 10.2. The molecule has 18 heavy (non-hydrogen) atoms. The van der Waals surface area contributed by atoms with E-state index >= 15 is 0 Å². The van der Waals surface area contributed by atoms with E-state index in [9.17, 15) is 0 Å². The third-order valence-electron chi connectivity index (χ3n) is 2.81. The summed E-state index contributed by atoms with van der Waals surface area (Å²) in [6.07, 6.45) is 3.33. The van der Waals surface area contributed by atoms with E-state index in [0.29, 0.717) is 0 Å². The second-order valence-electron chi connectivity index (χ2n) is 4.30. The minimum absolute atomic E-state index is 0.763. The first-order chi connectivity index (χ1) is 8.69. The first-order valence-electron chi connectivity index (χ1n) is 6.20. The number of ether oxygens (including phenoxy) is 2. The van der Waals surface area contributed by atoms with Gasteiger partial charge in [-0.05, 0) is 40.9 Å². The van der Waals surface area contributed by atoms with Gasteiger partial charge in [0.25, 0.3) is 0 Å². The quantitative estimate of drug-likeness (QED) is 0.726. The van der Waals surface area contributed by atoms with Gasteiger partial charge in [0, 0.05) is 6.07 Å². The van der Waals surface area contributed by atoms with Gasteiger partial charge in [-0.2, -0.15) is 0 Å². The third-order valence-corrected chi connectivity index (χ3v) is 3.90. The fourth-order valence-corrected chi connectivity index (χ4v) is 2.32. The van der Waals surface area contributed by atoms with Crippen molar-refractivity contribution in [3.63, 3.8) is 0 Å². The molecule has 1 aromatic carbocycles. The van der Waals surface area contributed by atoms with E-state index < -0.39 is 0 Å². The van der Waals surface area contributed by atoms with Gasteiger partial charge in [0.1, 0.15) is 11.5 Å². The molecule has 0 saturated heterocycles. The molecule has 0 amide bonds. The zero-order valence-corrected chi connectivity index (χ0v) is 12.4. The van der Waals surface area contributed by atoms with Crippen LogP contribution in [0.2, 0.25) is 0 Å². The van der Waals surface area contributed by atoms with Gasteiger partial charge in [0.15, 0.2) is 0 Å². The summed E-state index contributed by atoms with van der Waals surface area (Å²) in [4.78, 5) is 0. The van der Waals surface area contributed by atoms with Crippen LogP contribution in [-0.2, 0) is 0 Å². The topological polar surface area (TPSA) is 18.5 Å². The Labute approximate surface area is 114 Å². The van der Waals surface area contributed by atoms with Gasteiger partial charge < -0.3 is 9.47 Å². The maximum atomic E-state index is 5.24. The predicted molar refractivity (Wildman–Crippen MR) is 80.5 cm³/mol. The molecule has 0 aliphatic carbocycles. The predicted octanol–water partition coefficient (Wildman–Crippen LogP) is 4.45. The molecule has 0 spiro atoms. The van der Waals surface area contributed by atoms with Crippen LogP contribution in [0.15, 0.2) is 23.6 Å². The van der Waals surface area contributed by atoms with Crippen LogP contribution in [0.1, 0.15) is 25.8 Å². The van der Waals surface area contributed by atoms with Gasteiger partial charge in [0.2, 0.25) is 0 Å². The summed E-state index contributed by atoms with van der Waals surface area (Å²) < 4.78 is 10.5. The van der Waals surface area contributed by atoms with Crippen molar-refractivity contribution in [1.29, 1.82) is 0 Å². The highest BCUT2D eigenvalue weighted by atomic mass is 32.2. The van der Waals surface area contributed by atoms with Crippen molar-refractivity contribution < 1.29 is 9.47 Å². The minimum atomic E-state index is 0.763. The molecular weight excluding hydrogens is 244 g/mol. The molecule has 1 atom stereocenters. The molecule has 0 aromatic heterocycles. The molecule has 0 aliphatic heterocycles. The Hall–Kier alpha value is -1.09. The number of rotatable bonds is 7. The second-order valence-corrected chi connectivity index (χ2v) is 5.23. The van der Waals surface area contributed by atoms with Crippen molar-refractivity contribution >= 4 is 17.8 Å². The number of hydrogen-bond acceptors (Lipinski definition) is 3. The molecule has 0 N–H and O–H groups in total. The van der Waals surface area contributed by atoms with Crippen molar-refractivity contribution in [2.75, 3.05) is 20.0 Å². The summed E-state index contributed by atoms with van der Waals surface area (Å²) in [5.41, 5.74) is 1.10. The summed E-state index contributed by atoms with van der Waals surface area (Å²) in [6, 6.07) is 5.88. The van der Waals surface area contributed by atoms with Crippen LogP contribution < -0.4 is 9.47 Å². The van der Waals surface area contributed by atoms with Crippen molar-refractivity contribution in [2.24, 2.45) is 5.92 Å². The first-order valence-corrected chi connectivity index (χ1v) is 7.25. The highest BCUT2D eigenvalue weighted by Crippen LogP contribution is 2.24. The van der Waals surface area contributed by atoms with Gasteiger partial charge in [-0.3, -0.25) is 0 Å². The van der Waals surface area contributed by atoms with E-state index in [1.54, 1.807) is 14.2 Å². The van der Waals surface area contributed by atoms with Crippen LogP contribution in [0, 0.1) is 5.92 Å². The molecule has 0 saturated carbocycles. The van der Waals surface area contributed by atoms with Crippen LogP contribution in [-0.4, -0.2) is 20.0 Å². The first kappa shape index (κ1) is 15.0. The average molecular weight is 266 g/mol. The Morgan fingerprint density at radius 1 is 1.17 bits per heavy atom. The summed E-state index contributed by atoms with van der Waals surface area (Å²) in [5, 5.41) is 2.14. The number of thioether (sulfide) groups is 1. The van der Waals surface area contributed by atoms with E-state index in [1.165, 1.54) is 6.42 Å². The molecule has 1 aromatic rings. The Bertz CT molecular complexity index is 366. The van der Waals surface area contributed by atoms with E-state index in [0.717, 1.165) is 28.7 Å². The van der Waals surface area contributed by atoms with E-state index in [4.69, 9.17) is 9.47 Å². The Kier molecular flexibility index (Phi) is 6.73. The van der Waals surface area contributed by atoms with Gasteiger partial charge in [-0.1, -0.05) is 20.3 Å². The van der Waals surface area contributed by atoms with Crippen LogP contribution in [0.4, 0.5) is 0 Å². The molecule has 100 valence electrons. The minimum Gasteiger partial charge on any atom is -0.497 e. The van der Waals surface area contributed by atoms with Gasteiger partial charge in [-0.15, -0.1) is 11.8 Å². The van der Waals surface area contributed by atoms with Crippen molar-refractivity contribution in [2.45, 2.75) is 20.3 Å². The fraction of sp³-hybridized carbons (Fsp3) is 0.467. The smallest absolute Gasteiger partial charge is 0.123 e. The highest BCUT2D eigenvalue weighted by Gasteiger charge is 2.00. The lowest BCUT2D eigenvalue weighted by molar-refractivity contribution is 0.394. The summed E-state index contributed by atoms with van der Waals surface area (Å²) in [6.45, 7) is 4.50. The molecule has 3 heteroatoms. The largest absolute Gasteiger partial charge is 0.497 e. The van der Waals surface area contributed by atoms with Crippen LogP contribution in [0.25, 0.3) is 6.08 Å². The Balaban J connectivity index is 2.62. The van der Waals surface area contributed by atoms with E-state index in [-0.39, 0.29) is 0 Å². The standard InChI is InChI=1S/C15H22O2S/c1-5-12(2)11-18-7-6-13-8-14(16-3)10-15(9-13)17-4/h6-10,12H,5,11H2,1-4H3/b7-6+. The van der Waals surface area contributed by atoms with Crippen LogP contribution >= 0.6 is 11.8 Å². The Morgan fingerprint density at radius 3 is 2.28 bits per heavy atom. The number of methoxy groups -OCH3 is 2. The zero-order valence-electron chi connectivity index (χ0n) is 11.6. The van der Waals surface area contributed by atoms with Crippen LogP contribution in [0.5, 0.6) is 11.5 Å². The maximum Gasteiger partial charge on any atom is 0.123 e. The Morgan fingerprint density at radius 2 is 1.78 bits per heavy atom.